The molecule has 1 N–H and O–H groups in total. The Morgan fingerprint density at radius 1 is 1.15 bits per heavy atom. The van der Waals surface area contributed by atoms with E-state index in [1.54, 1.807) is 0 Å². The van der Waals surface area contributed by atoms with Crippen molar-refractivity contribution in [3.63, 3.8) is 0 Å². The van der Waals surface area contributed by atoms with Crippen molar-refractivity contribution in [1.29, 1.82) is 0 Å². The zero-order valence-electron chi connectivity index (χ0n) is 19.2. The number of thiocarbonyl (C=S) groups is 1. The van der Waals surface area contributed by atoms with Crippen molar-refractivity contribution >= 4 is 45.3 Å². The fraction of sp³-hybridized carbons (Fsp3) is 0.308. The van der Waals surface area contributed by atoms with E-state index in [1.807, 2.05) is 43.3 Å². The lowest BCUT2D eigenvalue weighted by Crippen LogP contribution is -2.54. The molecule has 1 aliphatic rings. The number of aryl methyl sites for hydroxylation is 1. The van der Waals surface area contributed by atoms with E-state index in [9.17, 15) is 4.79 Å². The lowest BCUT2D eigenvalue weighted by atomic mass is 10.1. The lowest BCUT2D eigenvalue weighted by Gasteiger charge is -2.42. The number of benzene rings is 2. The van der Waals surface area contributed by atoms with Crippen molar-refractivity contribution in [3.8, 4) is 10.4 Å². The van der Waals surface area contributed by atoms with Crippen LogP contribution in [0.2, 0.25) is 0 Å². The minimum atomic E-state index is -0.334. The van der Waals surface area contributed by atoms with Gasteiger partial charge in [-0.15, -0.1) is 11.3 Å². The SMILES string of the molecule is CCOC(=O)c1cc(-c2ccccc2)sc1NC(=S)N1CCN(c2ccc(C)cc2)C(C)C1. The Morgan fingerprint density at radius 3 is 2.55 bits per heavy atom. The van der Waals surface area contributed by atoms with E-state index in [4.69, 9.17) is 17.0 Å². The van der Waals surface area contributed by atoms with Gasteiger partial charge in [-0.3, -0.25) is 0 Å². The molecule has 33 heavy (non-hydrogen) atoms. The summed E-state index contributed by atoms with van der Waals surface area (Å²) in [6.45, 7) is 8.98. The molecule has 0 spiro atoms. The molecule has 3 aromatic rings. The number of ether oxygens (including phenoxy) is 1. The summed E-state index contributed by atoms with van der Waals surface area (Å²) in [7, 11) is 0. The minimum Gasteiger partial charge on any atom is -0.462 e. The highest BCUT2D eigenvalue weighted by molar-refractivity contribution is 7.80. The van der Waals surface area contributed by atoms with Crippen LogP contribution in [0.1, 0.15) is 29.8 Å². The fourth-order valence-corrected chi connectivity index (χ4v) is 5.41. The van der Waals surface area contributed by atoms with Gasteiger partial charge >= 0.3 is 5.97 Å². The molecule has 1 unspecified atom stereocenters. The fourth-order valence-electron chi connectivity index (χ4n) is 4.03. The molecule has 1 fully saturated rings. The smallest absolute Gasteiger partial charge is 0.341 e. The van der Waals surface area contributed by atoms with E-state index in [2.05, 4.69) is 53.2 Å². The van der Waals surface area contributed by atoms with Crippen LogP contribution in [0.25, 0.3) is 10.4 Å². The number of carbonyl (C=O) groups excluding carboxylic acids is 1. The van der Waals surface area contributed by atoms with Crippen LogP contribution in [-0.4, -0.2) is 48.3 Å². The van der Waals surface area contributed by atoms with Crippen LogP contribution in [0, 0.1) is 6.92 Å². The van der Waals surface area contributed by atoms with Crippen LogP contribution in [0.3, 0.4) is 0 Å². The standard InChI is InChI=1S/C26H29N3O2S2/c1-4-31-25(30)22-16-23(20-8-6-5-7-9-20)33-24(22)27-26(32)28-14-15-29(19(3)17-28)21-12-10-18(2)11-13-21/h5-13,16,19H,4,14-15,17H2,1-3H3,(H,27,32). The predicted octanol–water partition coefficient (Wildman–Crippen LogP) is 5.81. The van der Waals surface area contributed by atoms with Crippen LogP contribution in [0.15, 0.2) is 60.7 Å². The molecule has 0 radical (unpaired) electrons. The molecular weight excluding hydrogens is 450 g/mol. The second kappa shape index (κ2) is 10.4. The molecule has 5 nitrogen and oxygen atoms in total. The Labute approximate surface area is 205 Å². The van der Waals surface area contributed by atoms with Crippen molar-refractivity contribution < 1.29 is 9.53 Å². The van der Waals surface area contributed by atoms with Gasteiger partial charge < -0.3 is 19.9 Å². The highest BCUT2D eigenvalue weighted by atomic mass is 32.1. The number of hydrogen-bond acceptors (Lipinski definition) is 5. The van der Waals surface area contributed by atoms with E-state index in [1.165, 1.54) is 22.6 Å². The third-order valence-electron chi connectivity index (χ3n) is 5.79. The molecule has 4 rings (SSSR count). The predicted molar refractivity (Wildman–Crippen MR) is 141 cm³/mol. The van der Waals surface area contributed by atoms with Gasteiger partial charge in [0.15, 0.2) is 5.11 Å². The minimum absolute atomic E-state index is 0.314. The number of carbonyl (C=O) groups is 1. The van der Waals surface area contributed by atoms with E-state index >= 15 is 0 Å². The number of nitrogens with zero attached hydrogens (tertiary/aromatic N) is 2. The average Bonchev–Trinajstić information content (AvgIpc) is 3.24. The quantitative estimate of drug-likeness (QED) is 0.368. The zero-order chi connectivity index (χ0) is 23.4. The molecule has 2 heterocycles. The van der Waals surface area contributed by atoms with Gasteiger partial charge in [0.1, 0.15) is 5.00 Å². The van der Waals surface area contributed by atoms with E-state index in [0.29, 0.717) is 23.3 Å². The monoisotopic (exact) mass is 479 g/mol. The van der Waals surface area contributed by atoms with Gasteiger partial charge in [-0.25, -0.2) is 4.79 Å². The summed E-state index contributed by atoms with van der Waals surface area (Å²) < 4.78 is 5.30. The molecule has 7 heteroatoms. The summed E-state index contributed by atoms with van der Waals surface area (Å²) in [6.07, 6.45) is 0. The first-order chi connectivity index (χ1) is 16.0. The van der Waals surface area contributed by atoms with Gasteiger partial charge in [-0.1, -0.05) is 48.0 Å². The molecule has 0 saturated carbocycles. The van der Waals surface area contributed by atoms with Crippen molar-refractivity contribution in [2.75, 3.05) is 36.5 Å². The Kier molecular flexibility index (Phi) is 7.30. The van der Waals surface area contributed by atoms with Gasteiger partial charge in [0.05, 0.1) is 12.2 Å². The maximum absolute atomic E-state index is 12.6. The zero-order valence-corrected chi connectivity index (χ0v) is 20.8. The number of piperazine rings is 1. The van der Waals surface area contributed by atoms with Gasteiger partial charge in [0.25, 0.3) is 0 Å². The molecule has 1 aromatic heterocycles. The van der Waals surface area contributed by atoms with Gasteiger partial charge in [-0.2, -0.15) is 0 Å². The Balaban J connectivity index is 1.49. The second-order valence-corrected chi connectivity index (χ2v) is 9.63. The summed E-state index contributed by atoms with van der Waals surface area (Å²) >= 11 is 7.29. The molecule has 0 aliphatic carbocycles. The normalized spacial score (nSPS) is 15.9. The van der Waals surface area contributed by atoms with Crippen molar-refractivity contribution in [3.05, 3.63) is 71.8 Å². The number of hydrogen-bond donors (Lipinski definition) is 1. The maximum atomic E-state index is 12.6. The topological polar surface area (TPSA) is 44.8 Å². The Bertz CT molecular complexity index is 1110. The second-order valence-electron chi connectivity index (χ2n) is 8.19. The molecule has 2 aromatic carbocycles. The van der Waals surface area contributed by atoms with Gasteiger partial charge in [0.2, 0.25) is 0 Å². The number of esters is 1. The summed E-state index contributed by atoms with van der Waals surface area (Å²) in [5.74, 6) is -0.334. The molecule has 0 bridgehead atoms. The molecule has 0 amide bonds. The lowest BCUT2D eigenvalue weighted by molar-refractivity contribution is 0.0528. The Morgan fingerprint density at radius 2 is 1.88 bits per heavy atom. The van der Waals surface area contributed by atoms with Crippen molar-refractivity contribution in [2.45, 2.75) is 26.8 Å². The number of anilines is 2. The molecule has 172 valence electrons. The van der Waals surface area contributed by atoms with E-state index in [0.717, 1.165) is 35.1 Å². The molecular formula is C26H29N3O2S2. The summed E-state index contributed by atoms with van der Waals surface area (Å²) in [4.78, 5) is 18.2. The van der Waals surface area contributed by atoms with E-state index < -0.39 is 0 Å². The van der Waals surface area contributed by atoms with Crippen LogP contribution in [-0.2, 0) is 4.74 Å². The summed E-state index contributed by atoms with van der Waals surface area (Å²) in [5.41, 5.74) is 4.09. The molecule has 1 saturated heterocycles. The molecule has 1 aliphatic heterocycles. The van der Waals surface area contributed by atoms with Crippen LogP contribution in [0.4, 0.5) is 10.7 Å². The number of rotatable bonds is 5. The first-order valence-electron chi connectivity index (χ1n) is 11.2. The summed E-state index contributed by atoms with van der Waals surface area (Å²) in [5, 5.41) is 4.71. The van der Waals surface area contributed by atoms with Crippen molar-refractivity contribution in [2.24, 2.45) is 0 Å². The average molecular weight is 480 g/mol. The maximum Gasteiger partial charge on any atom is 0.341 e. The third-order valence-corrected chi connectivity index (χ3v) is 7.25. The third kappa shape index (κ3) is 5.37. The molecule has 1 atom stereocenters. The first-order valence-corrected chi connectivity index (χ1v) is 12.4. The number of nitrogens with one attached hydrogen (secondary N) is 1. The van der Waals surface area contributed by atoms with Crippen molar-refractivity contribution in [1.82, 2.24) is 4.90 Å². The highest BCUT2D eigenvalue weighted by Crippen LogP contribution is 2.36. The van der Waals surface area contributed by atoms with Crippen LogP contribution < -0.4 is 10.2 Å². The van der Waals surface area contributed by atoms with E-state index in [-0.39, 0.29) is 5.97 Å². The number of thiophene rings is 1. The van der Waals surface area contributed by atoms with Gasteiger partial charge in [0, 0.05) is 36.2 Å². The highest BCUT2D eigenvalue weighted by Gasteiger charge is 2.27. The van der Waals surface area contributed by atoms with Gasteiger partial charge in [-0.05, 0) is 56.8 Å². The van der Waals surface area contributed by atoms with Crippen LogP contribution in [0.5, 0.6) is 0 Å². The van der Waals surface area contributed by atoms with Crippen LogP contribution >= 0.6 is 23.6 Å². The Hall–Kier alpha value is -2.90. The largest absolute Gasteiger partial charge is 0.462 e. The summed E-state index contributed by atoms with van der Waals surface area (Å²) in [6, 6.07) is 20.9. The first kappa shape index (κ1) is 23.3.